The topological polar surface area (TPSA) is 58.8 Å². The molecule has 0 fully saturated rings. The molecule has 0 radical (unpaired) electrons. The van der Waals surface area contributed by atoms with Crippen LogP contribution < -0.4 is 15.4 Å². The first-order chi connectivity index (χ1) is 12.4. The van der Waals surface area contributed by atoms with Crippen LogP contribution in [-0.4, -0.2) is 26.2 Å². The number of rotatable bonds is 7. The Morgan fingerprint density at radius 2 is 2.00 bits per heavy atom. The highest BCUT2D eigenvalue weighted by Gasteiger charge is 2.33. The Labute approximate surface area is 173 Å². The van der Waals surface area contributed by atoms with Crippen molar-refractivity contribution in [1.82, 2.24) is 10.6 Å². The third-order valence-corrected chi connectivity index (χ3v) is 3.62. The Balaban J connectivity index is 0.00000364. The second kappa shape index (κ2) is 11.1. The molecule has 1 heterocycles. The molecule has 2 rings (SSSR count). The van der Waals surface area contributed by atoms with E-state index in [1.165, 1.54) is 19.2 Å². The van der Waals surface area contributed by atoms with Gasteiger partial charge in [-0.25, -0.2) is 4.99 Å². The Morgan fingerprint density at radius 1 is 1.22 bits per heavy atom. The van der Waals surface area contributed by atoms with Crippen LogP contribution in [0.3, 0.4) is 0 Å². The van der Waals surface area contributed by atoms with Crippen molar-refractivity contribution in [2.45, 2.75) is 26.1 Å². The number of furan rings is 1. The molecule has 5 nitrogen and oxygen atoms in total. The number of ether oxygens (including phenoxy) is 1. The summed E-state index contributed by atoms with van der Waals surface area (Å²) in [5, 5.41) is 6.10. The summed E-state index contributed by atoms with van der Waals surface area (Å²) in [5.74, 6) is 1.43. The molecule has 0 bridgehead atoms. The van der Waals surface area contributed by atoms with Gasteiger partial charge in [0.1, 0.15) is 11.5 Å². The molecule has 0 atom stereocenters. The SMILES string of the molecule is CCNC(=NCc1ccc(OC)cc1C(F)(F)F)NCCc1ccco1.I. The number of nitrogens with zero attached hydrogens (tertiary/aromatic N) is 1. The Morgan fingerprint density at radius 3 is 2.59 bits per heavy atom. The summed E-state index contributed by atoms with van der Waals surface area (Å²) < 4.78 is 49.9. The molecule has 2 N–H and O–H groups in total. The molecule has 0 saturated carbocycles. The third-order valence-electron chi connectivity index (χ3n) is 3.62. The van der Waals surface area contributed by atoms with E-state index in [2.05, 4.69) is 15.6 Å². The number of nitrogens with one attached hydrogen (secondary N) is 2. The minimum absolute atomic E-state index is 0. The van der Waals surface area contributed by atoms with Gasteiger partial charge >= 0.3 is 6.18 Å². The van der Waals surface area contributed by atoms with Gasteiger partial charge < -0.3 is 19.8 Å². The maximum atomic E-state index is 13.3. The quantitative estimate of drug-likeness (QED) is 0.342. The molecule has 150 valence electrons. The largest absolute Gasteiger partial charge is 0.497 e. The van der Waals surface area contributed by atoms with Crippen molar-refractivity contribution >= 4 is 29.9 Å². The van der Waals surface area contributed by atoms with Crippen molar-refractivity contribution in [3.05, 3.63) is 53.5 Å². The first kappa shape index (κ1) is 23.1. The lowest BCUT2D eigenvalue weighted by atomic mass is 10.1. The van der Waals surface area contributed by atoms with E-state index >= 15 is 0 Å². The summed E-state index contributed by atoms with van der Waals surface area (Å²) in [6, 6.07) is 7.53. The van der Waals surface area contributed by atoms with Gasteiger partial charge in [-0.15, -0.1) is 24.0 Å². The lowest BCUT2D eigenvalue weighted by molar-refractivity contribution is -0.138. The molecule has 0 spiro atoms. The summed E-state index contributed by atoms with van der Waals surface area (Å²) in [6.45, 7) is 2.93. The highest BCUT2D eigenvalue weighted by atomic mass is 127. The monoisotopic (exact) mass is 497 g/mol. The molecule has 9 heteroatoms. The van der Waals surface area contributed by atoms with Crippen molar-refractivity contribution in [2.75, 3.05) is 20.2 Å². The Hall–Kier alpha value is -1.91. The van der Waals surface area contributed by atoms with Gasteiger partial charge in [-0.2, -0.15) is 13.2 Å². The first-order valence-corrected chi connectivity index (χ1v) is 8.22. The van der Waals surface area contributed by atoms with Crippen LogP contribution in [-0.2, 0) is 19.1 Å². The van der Waals surface area contributed by atoms with Gasteiger partial charge in [0.25, 0.3) is 0 Å². The summed E-state index contributed by atoms with van der Waals surface area (Å²) >= 11 is 0. The average molecular weight is 497 g/mol. The van der Waals surface area contributed by atoms with Gasteiger partial charge in [0.15, 0.2) is 5.96 Å². The molecular weight excluding hydrogens is 474 g/mol. The van der Waals surface area contributed by atoms with Crippen LogP contribution in [0.5, 0.6) is 5.75 Å². The number of halogens is 4. The lowest BCUT2D eigenvalue weighted by Gasteiger charge is -2.14. The number of alkyl halides is 3. The molecule has 0 aliphatic rings. The fourth-order valence-electron chi connectivity index (χ4n) is 2.35. The fraction of sp³-hybridized carbons (Fsp3) is 0.389. The van der Waals surface area contributed by atoms with Crippen LogP contribution in [0.4, 0.5) is 13.2 Å². The lowest BCUT2D eigenvalue weighted by Crippen LogP contribution is -2.38. The van der Waals surface area contributed by atoms with E-state index in [1.54, 1.807) is 12.3 Å². The number of hydrogen-bond donors (Lipinski definition) is 2. The van der Waals surface area contributed by atoms with Gasteiger partial charge in [-0.1, -0.05) is 6.07 Å². The van der Waals surface area contributed by atoms with Crippen molar-refractivity contribution in [2.24, 2.45) is 4.99 Å². The van der Waals surface area contributed by atoms with Gasteiger partial charge in [-0.3, -0.25) is 0 Å². The van der Waals surface area contributed by atoms with Crippen molar-refractivity contribution in [1.29, 1.82) is 0 Å². The molecule has 1 aromatic carbocycles. The summed E-state index contributed by atoms with van der Waals surface area (Å²) in [7, 11) is 1.33. The van der Waals surface area contributed by atoms with Crippen molar-refractivity contribution in [3.8, 4) is 5.75 Å². The van der Waals surface area contributed by atoms with Crippen LogP contribution in [0.2, 0.25) is 0 Å². The molecule has 2 aromatic rings. The van der Waals surface area contributed by atoms with Crippen molar-refractivity contribution < 1.29 is 22.3 Å². The number of methoxy groups -OCH3 is 1. The highest BCUT2D eigenvalue weighted by molar-refractivity contribution is 14.0. The van der Waals surface area contributed by atoms with Crippen LogP contribution in [0, 0.1) is 0 Å². The van der Waals surface area contributed by atoms with Crippen LogP contribution in [0.1, 0.15) is 23.8 Å². The molecule has 0 unspecified atom stereocenters. The summed E-state index contributed by atoms with van der Waals surface area (Å²) in [6.07, 6.45) is -2.23. The minimum Gasteiger partial charge on any atom is -0.497 e. The van der Waals surface area contributed by atoms with Crippen molar-refractivity contribution in [3.63, 3.8) is 0 Å². The van der Waals surface area contributed by atoms with Gasteiger partial charge in [-0.05, 0) is 36.8 Å². The van der Waals surface area contributed by atoms with E-state index in [9.17, 15) is 13.2 Å². The molecule has 0 aliphatic heterocycles. The van der Waals surface area contributed by atoms with E-state index in [4.69, 9.17) is 9.15 Å². The smallest absolute Gasteiger partial charge is 0.416 e. The zero-order valence-electron chi connectivity index (χ0n) is 15.1. The molecule has 1 aromatic heterocycles. The summed E-state index contributed by atoms with van der Waals surface area (Å²) in [5.41, 5.74) is -0.659. The number of aliphatic imine (C=N–C) groups is 1. The second-order valence-electron chi connectivity index (χ2n) is 5.47. The highest BCUT2D eigenvalue weighted by Crippen LogP contribution is 2.34. The molecule has 0 amide bonds. The number of guanidine groups is 1. The third kappa shape index (κ3) is 7.31. The predicted molar refractivity (Wildman–Crippen MR) is 109 cm³/mol. The normalized spacial score (nSPS) is 11.7. The standard InChI is InChI=1S/C18H22F3N3O2.HI/c1-3-22-17(23-9-8-14-5-4-10-26-14)24-12-13-6-7-15(25-2)11-16(13)18(19,20)21;/h4-7,10-11H,3,8-9,12H2,1-2H3,(H2,22,23,24);1H. The fourth-order valence-corrected chi connectivity index (χ4v) is 2.35. The average Bonchev–Trinajstić information content (AvgIpc) is 3.12. The van der Waals surface area contributed by atoms with Gasteiger partial charge in [0.05, 0.1) is 25.5 Å². The van der Waals surface area contributed by atoms with E-state index < -0.39 is 11.7 Å². The van der Waals surface area contributed by atoms with E-state index in [-0.39, 0.29) is 41.8 Å². The van der Waals surface area contributed by atoms with Gasteiger partial charge in [0.2, 0.25) is 0 Å². The van der Waals surface area contributed by atoms with E-state index in [1.807, 2.05) is 13.0 Å². The number of benzene rings is 1. The molecule has 0 aliphatic carbocycles. The maximum Gasteiger partial charge on any atom is 0.416 e. The Kier molecular flexibility index (Phi) is 9.47. The van der Waals surface area contributed by atoms with E-state index in [0.29, 0.717) is 25.5 Å². The van der Waals surface area contributed by atoms with Crippen LogP contribution in [0.25, 0.3) is 0 Å². The zero-order chi connectivity index (χ0) is 19.0. The first-order valence-electron chi connectivity index (χ1n) is 8.22. The zero-order valence-corrected chi connectivity index (χ0v) is 17.4. The maximum absolute atomic E-state index is 13.3. The molecular formula is C18H23F3IN3O2. The number of hydrogen-bond acceptors (Lipinski definition) is 3. The van der Waals surface area contributed by atoms with E-state index in [0.717, 1.165) is 11.8 Å². The minimum atomic E-state index is -4.47. The Bertz CT molecular complexity index is 719. The predicted octanol–water partition coefficient (Wildman–Crippen LogP) is 4.22. The van der Waals surface area contributed by atoms with Gasteiger partial charge in [0, 0.05) is 19.5 Å². The molecule has 0 saturated heterocycles. The molecule has 27 heavy (non-hydrogen) atoms. The summed E-state index contributed by atoms with van der Waals surface area (Å²) in [4.78, 5) is 4.26. The second-order valence-corrected chi connectivity index (χ2v) is 5.47. The van der Waals surface area contributed by atoms with Crippen LogP contribution in [0.15, 0.2) is 46.0 Å². The van der Waals surface area contributed by atoms with Crippen LogP contribution >= 0.6 is 24.0 Å².